The zero-order valence-corrected chi connectivity index (χ0v) is 22.0. The molecule has 0 unspecified atom stereocenters. The first-order valence-electron chi connectivity index (χ1n) is 12.5. The summed E-state index contributed by atoms with van der Waals surface area (Å²) in [4.78, 5) is 27.0. The Morgan fingerprint density at radius 3 is 2.45 bits per heavy atom. The summed E-state index contributed by atoms with van der Waals surface area (Å²) in [6.45, 7) is 0.838. The number of esters is 1. The Morgan fingerprint density at radius 1 is 1.05 bits per heavy atom. The summed E-state index contributed by atoms with van der Waals surface area (Å²) in [7, 11) is -2.68. The van der Waals surface area contributed by atoms with Gasteiger partial charge >= 0.3 is 5.97 Å². The van der Waals surface area contributed by atoms with Crippen LogP contribution in [0.25, 0.3) is 10.8 Å². The number of nitrogens with two attached hydrogens (primary N) is 1. The molecule has 3 aromatic rings. The van der Waals surface area contributed by atoms with Crippen LogP contribution in [0.4, 0.5) is 0 Å². The summed E-state index contributed by atoms with van der Waals surface area (Å²) >= 11 is 0. The van der Waals surface area contributed by atoms with Crippen LogP contribution in [0.3, 0.4) is 0 Å². The summed E-state index contributed by atoms with van der Waals surface area (Å²) in [6.07, 6.45) is 1.65. The first kappa shape index (κ1) is 27.3. The van der Waals surface area contributed by atoms with E-state index >= 15 is 0 Å². The molecule has 0 aromatic heterocycles. The van der Waals surface area contributed by atoms with Crippen LogP contribution in [0.15, 0.2) is 71.6 Å². The van der Waals surface area contributed by atoms with Gasteiger partial charge in [-0.15, -0.1) is 0 Å². The number of carbonyl (C=O) groups is 2. The standard InChI is InChI=1S/C28H32N4O5S/c1-37-26(33)17-19-11-13-32(14-12-19)28(34)25(16-20-5-4-8-23(15-20)27(29)30)31-38(35,36)24-10-9-21-6-2-3-7-22(21)18-24/h2-10,15,18-19,25,31H,11-14,16-17H2,1H3,(H3,29,30)/t25-/m0/s1. The number of hydrogen-bond acceptors (Lipinski definition) is 6. The number of hydrogen-bond donors (Lipinski definition) is 3. The Morgan fingerprint density at radius 2 is 1.76 bits per heavy atom. The highest BCUT2D eigenvalue weighted by Crippen LogP contribution is 2.23. The quantitative estimate of drug-likeness (QED) is 0.218. The van der Waals surface area contributed by atoms with Gasteiger partial charge in [0.25, 0.3) is 0 Å². The molecule has 1 saturated heterocycles. The van der Waals surface area contributed by atoms with Gasteiger partial charge in [-0.3, -0.25) is 15.0 Å². The second-order valence-corrected chi connectivity index (χ2v) is 11.3. The summed E-state index contributed by atoms with van der Waals surface area (Å²) < 4.78 is 34.3. The van der Waals surface area contributed by atoms with E-state index in [0.29, 0.717) is 43.5 Å². The smallest absolute Gasteiger partial charge is 0.305 e. The molecule has 0 aliphatic carbocycles. The number of nitrogens with one attached hydrogen (secondary N) is 2. The summed E-state index contributed by atoms with van der Waals surface area (Å²) in [5.74, 6) is -0.606. The molecule has 0 saturated carbocycles. The van der Waals surface area contributed by atoms with Gasteiger partial charge in [-0.25, -0.2) is 8.42 Å². The first-order chi connectivity index (χ1) is 18.2. The number of ether oxygens (including phenoxy) is 1. The minimum absolute atomic E-state index is 0.0725. The number of benzene rings is 3. The number of sulfonamides is 1. The molecular weight excluding hydrogens is 504 g/mol. The molecular formula is C28H32N4O5S. The van der Waals surface area contributed by atoms with Gasteiger partial charge in [-0.2, -0.15) is 4.72 Å². The number of nitrogens with zero attached hydrogens (tertiary/aromatic N) is 1. The lowest BCUT2D eigenvalue weighted by molar-refractivity contribution is -0.142. The number of fused-ring (bicyclic) bond motifs is 1. The molecule has 1 atom stereocenters. The third kappa shape index (κ3) is 6.56. The molecule has 4 rings (SSSR count). The van der Waals surface area contributed by atoms with Crippen LogP contribution in [0.1, 0.15) is 30.4 Å². The molecule has 9 nitrogen and oxygen atoms in total. The fraction of sp³-hybridized carbons (Fsp3) is 0.321. The molecule has 0 spiro atoms. The third-order valence-electron chi connectivity index (χ3n) is 6.91. The molecule has 0 bridgehead atoms. The average Bonchev–Trinajstić information content (AvgIpc) is 2.92. The van der Waals surface area contributed by atoms with Crippen LogP contribution < -0.4 is 10.5 Å². The fourth-order valence-corrected chi connectivity index (χ4v) is 5.99. The van der Waals surface area contributed by atoms with E-state index in [2.05, 4.69) is 4.72 Å². The van der Waals surface area contributed by atoms with Gasteiger partial charge in [0.1, 0.15) is 11.9 Å². The van der Waals surface area contributed by atoms with Gasteiger partial charge in [0, 0.05) is 25.1 Å². The highest BCUT2D eigenvalue weighted by atomic mass is 32.2. The molecule has 1 amide bonds. The lowest BCUT2D eigenvalue weighted by Gasteiger charge is -2.34. The van der Waals surface area contributed by atoms with Crippen LogP contribution in [-0.4, -0.2) is 57.3 Å². The van der Waals surface area contributed by atoms with Crippen LogP contribution in [0.5, 0.6) is 0 Å². The monoisotopic (exact) mass is 536 g/mol. The van der Waals surface area contributed by atoms with Crippen molar-refractivity contribution in [1.29, 1.82) is 5.41 Å². The maximum Gasteiger partial charge on any atom is 0.305 e. The molecule has 1 aliphatic rings. The Bertz CT molecular complexity index is 1450. The number of amides is 1. The van der Waals surface area contributed by atoms with E-state index in [1.54, 1.807) is 41.3 Å². The fourth-order valence-electron chi connectivity index (χ4n) is 4.77. The van der Waals surface area contributed by atoms with Crippen molar-refractivity contribution < 1.29 is 22.7 Å². The Hall–Kier alpha value is -3.76. The third-order valence-corrected chi connectivity index (χ3v) is 8.38. The van der Waals surface area contributed by atoms with Gasteiger partial charge in [-0.1, -0.05) is 48.5 Å². The summed E-state index contributed by atoms with van der Waals surface area (Å²) in [5, 5.41) is 9.41. The van der Waals surface area contributed by atoms with Crippen LogP contribution >= 0.6 is 0 Å². The molecule has 1 heterocycles. The number of amidine groups is 1. The van der Waals surface area contributed by atoms with E-state index in [-0.39, 0.29) is 34.9 Å². The molecule has 1 aliphatic heterocycles. The van der Waals surface area contributed by atoms with E-state index in [0.717, 1.165) is 10.8 Å². The maximum absolute atomic E-state index is 13.7. The molecule has 4 N–H and O–H groups in total. The van der Waals surface area contributed by atoms with Crippen LogP contribution in [0, 0.1) is 11.3 Å². The van der Waals surface area contributed by atoms with E-state index in [1.165, 1.54) is 13.2 Å². The highest BCUT2D eigenvalue weighted by Gasteiger charge is 2.32. The second-order valence-electron chi connectivity index (χ2n) is 9.55. The lowest BCUT2D eigenvalue weighted by atomic mass is 9.93. The maximum atomic E-state index is 13.7. The van der Waals surface area contributed by atoms with Crippen molar-refractivity contribution in [2.45, 2.75) is 36.6 Å². The normalized spacial score (nSPS) is 15.2. The van der Waals surface area contributed by atoms with Crippen molar-refractivity contribution in [3.63, 3.8) is 0 Å². The predicted octanol–water partition coefficient (Wildman–Crippen LogP) is 2.82. The number of piperidine rings is 1. The lowest BCUT2D eigenvalue weighted by Crippen LogP contribution is -2.51. The largest absolute Gasteiger partial charge is 0.469 e. The molecule has 10 heteroatoms. The van der Waals surface area contributed by atoms with Gasteiger partial charge in [0.05, 0.1) is 12.0 Å². The van der Waals surface area contributed by atoms with Crippen molar-refractivity contribution in [2.24, 2.45) is 11.7 Å². The second kappa shape index (κ2) is 11.7. The SMILES string of the molecule is COC(=O)CC1CCN(C(=O)[C@H](Cc2cccc(C(=N)N)c2)NS(=O)(=O)c2ccc3ccccc3c2)CC1. The Balaban J connectivity index is 1.58. The van der Waals surface area contributed by atoms with E-state index in [1.807, 2.05) is 24.3 Å². The van der Waals surface area contributed by atoms with E-state index < -0.39 is 16.1 Å². The van der Waals surface area contributed by atoms with Crippen molar-refractivity contribution in [1.82, 2.24) is 9.62 Å². The van der Waals surface area contributed by atoms with Gasteiger partial charge < -0.3 is 15.4 Å². The minimum Gasteiger partial charge on any atom is -0.469 e. The number of nitrogen functional groups attached to an aromatic ring is 1. The van der Waals surface area contributed by atoms with E-state index in [9.17, 15) is 18.0 Å². The van der Waals surface area contributed by atoms with Gasteiger partial charge in [-0.05, 0) is 59.7 Å². The molecule has 0 radical (unpaired) electrons. The van der Waals surface area contributed by atoms with Gasteiger partial charge in [0.2, 0.25) is 15.9 Å². The average molecular weight is 537 g/mol. The van der Waals surface area contributed by atoms with Crippen molar-refractivity contribution in [3.05, 3.63) is 77.9 Å². The summed E-state index contributed by atoms with van der Waals surface area (Å²) in [5.41, 5.74) is 6.81. The molecule has 200 valence electrons. The number of carbonyl (C=O) groups excluding carboxylic acids is 2. The van der Waals surface area contributed by atoms with Crippen molar-refractivity contribution in [2.75, 3.05) is 20.2 Å². The van der Waals surface area contributed by atoms with Crippen LogP contribution in [0.2, 0.25) is 0 Å². The van der Waals surface area contributed by atoms with Crippen LogP contribution in [-0.2, 0) is 30.8 Å². The minimum atomic E-state index is -4.04. The Kier molecular flexibility index (Phi) is 8.43. The van der Waals surface area contributed by atoms with Gasteiger partial charge in [0.15, 0.2) is 0 Å². The zero-order valence-electron chi connectivity index (χ0n) is 21.2. The molecule has 3 aromatic carbocycles. The van der Waals surface area contributed by atoms with Crippen molar-refractivity contribution in [3.8, 4) is 0 Å². The zero-order chi connectivity index (χ0) is 27.3. The molecule has 38 heavy (non-hydrogen) atoms. The highest BCUT2D eigenvalue weighted by molar-refractivity contribution is 7.89. The molecule has 1 fully saturated rings. The van der Waals surface area contributed by atoms with Crippen molar-refractivity contribution >= 4 is 38.5 Å². The predicted molar refractivity (Wildman–Crippen MR) is 145 cm³/mol. The topological polar surface area (TPSA) is 143 Å². The number of likely N-dealkylation sites (tertiary alicyclic amines) is 1. The van der Waals surface area contributed by atoms with E-state index in [4.69, 9.17) is 15.9 Å². The number of methoxy groups -OCH3 is 1. The number of rotatable bonds is 9. The summed E-state index contributed by atoms with van der Waals surface area (Å²) in [6, 6.07) is 18.1. The Labute approximate surface area is 222 Å². The first-order valence-corrected chi connectivity index (χ1v) is 13.9.